The van der Waals surface area contributed by atoms with Gasteiger partial charge in [0.25, 0.3) is 0 Å². The van der Waals surface area contributed by atoms with Crippen LogP contribution in [0, 0.1) is 0 Å². The number of carbonyl (C=O) groups is 6. The highest BCUT2D eigenvalue weighted by Gasteiger charge is 2.32. The third-order valence-electron chi connectivity index (χ3n) is 4.22. The predicted octanol–water partition coefficient (Wildman–Crippen LogP) is -3.44. The van der Waals surface area contributed by atoms with Gasteiger partial charge in [-0.1, -0.05) is 0 Å². The van der Waals surface area contributed by atoms with E-state index in [1.54, 1.807) is 0 Å². The fraction of sp³-hybridized carbons (Fsp3) is 0.625. The zero-order valence-electron chi connectivity index (χ0n) is 15.9. The van der Waals surface area contributed by atoms with E-state index < -0.39 is 72.6 Å². The fourth-order valence-corrected chi connectivity index (χ4v) is 2.95. The van der Waals surface area contributed by atoms with Gasteiger partial charge in [-0.15, -0.1) is 0 Å². The van der Waals surface area contributed by atoms with Gasteiger partial charge in [0, 0.05) is 5.75 Å². The van der Waals surface area contributed by atoms with Crippen LogP contribution in [0.25, 0.3) is 0 Å². The largest absolute Gasteiger partial charge is 0.481 e. The van der Waals surface area contributed by atoms with Gasteiger partial charge in [-0.05, 0) is 19.4 Å². The highest BCUT2D eigenvalue weighted by atomic mass is 32.1. The Morgan fingerprint density at radius 2 is 1.53 bits per heavy atom. The van der Waals surface area contributed by atoms with Crippen molar-refractivity contribution >= 4 is 48.2 Å². The second-order valence-electron chi connectivity index (χ2n) is 6.62. The van der Waals surface area contributed by atoms with Crippen LogP contribution in [0.1, 0.15) is 25.7 Å². The number of nitrogens with two attached hydrogens (primary N) is 1. The third-order valence-corrected chi connectivity index (χ3v) is 4.59. The molecule has 14 heteroatoms. The van der Waals surface area contributed by atoms with Crippen LogP contribution in [0.15, 0.2) is 0 Å². The van der Waals surface area contributed by atoms with Crippen LogP contribution in [0.3, 0.4) is 0 Å². The number of nitrogens with one attached hydrogen (secondary N) is 4. The molecule has 0 aromatic heterocycles. The minimum atomic E-state index is -1.57. The molecule has 1 aliphatic rings. The first-order chi connectivity index (χ1) is 14.0. The van der Waals surface area contributed by atoms with E-state index in [4.69, 9.17) is 15.9 Å². The Balaban J connectivity index is 2.90. The van der Waals surface area contributed by atoms with Crippen molar-refractivity contribution in [2.24, 2.45) is 5.73 Å². The van der Waals surface area contributed by atoms with E-state index in [9.17, 15) is 28.8 Å². The predicted molar refractivity (Wildman–Crippen MR) is 104 cm³/mol. The molecule has 13 nitrogen and oxygen atoms in total. The van der Waals surface area contributed by atoms with Crippen molar-refractivity contribution in [3.63, 3.8) is 0 Å². The highest BCUT2D eigenvalue weighted by molar-refractivity contribution is 7.80. The van der Waals surface area contributed by atoms with Gasteiger partial charge in [-0.2, -0.15) is 12.6 Å². The Morgan fingerprint density at radius 3 is 1.97 bits per heavy atom. The number of carboxylic acid groups (broad SMARTS) is 2. The van der Waals surface area contributed by atoms with E-state index in [0.29, 0.717) is 13.0 Å². The summed E-state index contributed by atoms with van der Waals surface area (Å²) in [6, 6.07) is -5.07. The van der Waals surface area contributed by atoms with E-state index in [0.717, 1.165) is 6.42 Å². The Hall–Kier alpha value is -2.87. The summed E-state index contributed by atoms with van der Waals surface area (Å²) in [7, 11) is 0. The van der Waals surface area contributed by atoms with Gasteiger partial charge in [-0.25, -0.2) is 4.79 Å². The molecule has 0 radical (unpaired) electrons. The molecule has 168 valence electrons. The summed E-state index contributed by atoms with van der Waals surface area (Å²) in [5.74, 6) is -6.64. The van der Waals surface area contributed by atoms with Crippen molar-refractivity contribution in [2.75, 3.05) is 12.3 Å². The van der Waals surface area contributed by atoms with Gasteiger partial charge in [0.1, 0.15) is 18.1 Å². The van der Waals surface area contributed by atoms with Gasteiger partial charge >= 0.3 is 11.9 Å². The second-order valence-corrected chi connectivity index (χ2v) is 6.99. The summed E-state index contributed by atoms with van der Waals surface area (Å²) < 4.78 is 0. The average Bonchev–Trinajstić information content (AvgIpc) is 3.18. The van der Waals surface area contributed by atoms with Crippen molar-refractivity contribution in [3.05, 3.63) is 0 Å². The Labute approximate surface area is 176 Å². The molecule has 1 fully saturated rings. The number of primary amides is 1. The van der Waals surface area contributed by atoms with E-state index in [1.165, 1.54) is 0 Å². The molecule has 4 unspecified atom stereocenters. The van der Waals surface area contributed by atoms with Gasteiger partial charge in [0.05, 0.1) is 18.9 Å². The van der Waals surface area contributed by atoms with E-state index in [2.05, 4.69) is 33.9 Å². The summed E-state index contributed by atoms with van der Waals surface area (Å²) in [6.45, 7) is 0.602. The monoisotopic (exact) mass is 447 g/mol. The van der Waals surface area contributed by atoms with Crippen molar-refractivity contribution in [3.8, 4) is 0 Å². The van der Waals surface area contributed by atoms with Crippen LogP contribution < -0.4 is 27.0 Å². The standard InChI is InChI=1S/C16H25N5O8S/c17-11(22)4-8(14(26)21-10(6-30)16(28)29)19-15(27)9(5-12(23)24)20-13(25)7-2-1-3-18-7/h7-10,18,30H,1-6H2,(H2,17,22)(H,19,27)(H,20,25)(H,21,26)(H,23,24)(H,28,29). The Bertz CT molecular complexity index is 697. The number of aliphatic carboxylic acids is 2. The molecule has 1 heterocycles. The molecule has 0 bridgehead atoms. The Kier molecular flexibility index (Phi) is 10.0. The van der Waals surface area contributed by atoms with Crippen molar-refractivity contribution in [1.82, 2.24) is 21.3 Å². The summed E-state index contributed by atoms with van der Waals surface area (Å²) >= 11 is 3.80. The lowest BCUT2D eigenvalue weighted by atomic mass is 10.1. The molecule has 8 N–H and O–H groups in total. The topological polar surface area (TPSA) is 217 Å². The first-order valence-corrected chi connectivity index (χ1v) is 9.66. The van der Waals surface area contributed by atoms with E-state index in [1.807, 2.05) is 0 Å². The molecule has 1 rings (SSSR count). The number of hydrogen-bond donors (Lipinski definition) is 8. The zero-order valence-corrected chi connectivity index (χ0v) is 16.8. The first kappa shape index (κ1) is 25.2. The lowest BCUT2D eigenvalue weighted by molar-refractivity contribution is -0.143. The average molecular weight is 447 g/mol. The number of thiol groups is 1. The number of carbonyl (C=O) groups excluding carboxylic acids is 4. The van der Waals surface area contributed by atoms with Crippen molar-refractivity contribution < 1.29 is 39.0 Å². The maximum atomic E-state index is 12.5. The molecule has 30 heavy (non-hydrogen) atoms. The Morgan fingerprint density at radius 1 is 0.967 bits per heavy atom. The minimum absolute atomic E-state index is 0.260. The lowest BCUT2D eigenvalue weighted by Crippen LogP contribution is -2.58. The molecule has 1 aliphatic heterocycles. The van der Waals surface area contributed by atoms with Gasteiger partial charge in [0.2, 0.25) is 23.6 Å². The third kappa shape index (κ3) is 8.24. The molecule has 4 atom stereocenters. The van der Waals surface area contributed by atoms with E-state index >= 15 is 0 Å². The summed E-state index contributed by atoms with van der Waals surface area (Å²) in [6.07, 6.45) is -0.192. The molecule has 0 saturated carbocycles. The zero-order chi connectivity index (χ0) is 22.8. The van der Waals surface area contributed by atoms with Crippen molar-refractivity contribution in [2.45, 2.75) is 49.9 Å². The minimum Gasteiger partial charge on any atom is -0.481 e. The number of amides is 4. The van der Waals surface area contributed by atoms with Gasteiger partial charge < -0.3 is 37.2 Å². The van der Waals surface area contributed by atoms with Crippen LogP contribution in [0.5, 0.6) is 0 Å². The summed E-state index contributed by atoms with van der Waals surface area (Å²) in [4.78, 5) is 70.5. The molecular formula is C16H25N5O8S. The fourth-order valence-electron chi connectivity index (χ4n) is 2.71. The summed E-state index contributed by atoms with van der Waals surface area (Å²) in [5, 5.41) is 27.5. The maximum absolute atomic E-state index is 12.5. The lowest BCUT2D eigenvalue weighted by Gasteiger charge is -2.23. The van der Waals surface area contributed by atoms with E-state index in [-0.39, 0.29) is 5.75 Å². The van der Waals surface area contributed by atoms with Crippen LogP contribution in [-0.4, -0.2) is 82.2 Å². The van der Waals surface area contributed by atoms with Gasteiger partial charge in [0.15, 0.2) is 0 Å². The van der Waals surface area contributed by atoms with Crippen molar-refractivity contribution in [1.29, 1.82) is 0 Å². The smallest absolute Gasteiger partial charge is 0.327 e. The normalized spacial score (nSPS) is 18.5. The second kappa shape index (κ2) is 12.0. The molecule has 0 aromatic rings. The molecule has 0 aromatic carbocycles. The van der Waals surface area contributed by atoms with Crippen LogP contribution in [-0.2, 0) is 28.8 Å². The van der Waals surface area contributed by atoms with Crippen LogP contribution in [0.2, 0.25) is 0 Å². The molecule has 0 aliphatic carbocycles. The number of hydrogen-bond acceptors (Lipinski definition) is 8. The number of carboxylic acids is 2. The molecule has 4 amide bonds. The quantitative estimate of drug-likeness (QED) is 0.139. The number of rotatable bonds is 12. The van der Waals surface area contributed by atoms with Crippen LogP contribution in [0.4, 0.5) is 0 Å². The van der Waals surface area contributed by atoms with Gasteiger partial charge in [-0.3, -0.25) is 24.0 Å². The molecular weight excluding hydrogens is 422 g/mol. The molecule has 1 saturated heterocycles. The first-order valence-electron chi connectivity index (χ1n) is 9.03. The summed E-state index contributed by atoms with van der Waals surface area (Å²) in [5.41, 5.74) is 5.08. The maximum Gasteiger partial charge on any atom is 0.327 e. The van der Waals surface area contributed by atoms with Crippen LogP contribution >= 0.6 is 12.6 Å². The SMILES string of the molecule is NC(=O)CC(NC(=O)C(CC(=O)O)NC(=O)C1CCCN1)C(=O)NC(CS)C(=O)O. The highest BCUT2D eigenvalue weighted by Crippen LogP contribution is 2.06. The molecule has 0 spiro atoms.